The molecule has 7 nitrogen and oxygen atoms in total. The molecule has 1 unspecified atom stereocenters. The minimum atomic E-state index is -4.60. The molecule has 2 heterocycles. The molecule has 1 saturated heterocycles. The summed E-state index contributed by atoms with van der Waals surface area (Å²) >= 11 is 1.04. The van der Waals surface area contributed by atoms with E-state index in [0.717, 1.165) is 54.4 Å². The van der Waals surface area contributed by atoms with Crippen LogP contribution in [0.3, 0.4) is 0 Å². The van der Waals surface area contributed by atoms with Crippen LogP contribution < -0.4 is 4.74 Å². The van der Waals surface area contributed by atoms with Crippen LogP contribution in [0.1, 0.15) is 76.8 Å². The van der Waals surface area contributed by atoms with Gasteiger partial charge in [-0.2, -0.15) is 13.2 Å². The average Bonchev–Trinajstić information content (AvgIpc) is 3.36. The fourth-order valence-corrected chi connectivity index (χ4v) is 5.23. The lowest BCUT2D eigenvalue weighted by Crippen LogP contribution is -2.51. The molecule has 0 spiro atoms. The minimum absolute atomic E-state index is 0.0555. The highest BCUT2D eigenvalue weighted by atomic mass is 32.1. The molecule has 1 N–H and O–H groups in total. The maximum absolute atomic E-state index is 13.8. The quantitative estimate of drug-likeness (QED) is 0.346. The predicted octanol–water partition coefficient (Wildman–Crippen LogP) is 6.92. The van der Waals surface area contributed by atoms with Gasteiger partial charge >= 0.3 is 12.3 Å². The van der Waals surface area contributed by atoms with Gasteiger partial charge in [-0.1, -0.05) is 50.4 Å². The van der Waals surface area contributed by atoms with Gasteiger partial charge in [0.05, 0.1) is 18.8 Å². The molecule has 194 valence electrons. The van der Waals surface area contributed by atoms with Crippen molar-refractivity contribution >= 4 is 17.4 Å². The van der Waals surface area contributed by atoms with Gasteiger partial charge in [-0.15, -0.1) is 10.2 Å². The first-order valence-electron chi connectivity index (χ1n) is 11.8. The lowest BCUT2D eigenvalue weighted by molar-refractivity contribution is -0.138. The van der Waals surface area contributed by atoms with Crippen molar-refractivity contribution in [3.05, 3.63) is 28.8 Å². The summed E-state index contributed by atoms with van der Waals surface area (Å²) in [6.45, 7) is 7.34. The molecule has 0 aliphatic carbocycles. The average molecular weight is 516 g/mol. The van der Waals surface area contributed by atoms with Crippen molar-refractivity contribution in [1.29, 1.82) is 0 Å². The Labute approximate surface area is 207 Å². The number of ether oxygens (including phenoxy) is 2. The van der Waals surface area contributed by atoms with E-state index in [1.807, 2.05) is 0 Å². The zero-order valence-electron chi connectivity index (χ0n) is 20.4. The van der Waals surface area contributed by atoms with E-state index in [0.29, 0.717) is 11.4 Å². The summed E-state index contributed by atoms with van der Waals surface area (Å²) in [7, 11) is 0. The number of rotatable bonds is 10. The Balaban J connectivity index is 1.79. The molecule has 1 fully saturated rings. The standard InChI is InChI=1S/C24H32F3N3O4S/c1-5-6-7-8-9-10-13-33-18-12-11-16(14-17(18)24(25,26)27)19-28-29-20(35-19)23(4)15-34-22(2,3)30(23)21(31)32/h11-12,14H,5-10,13,15H2,1-4H3,(H,31,32). The topological polar surface area (TPSA) is 84.8 Å². The van der Waals surface area contributed by atoms with Crippen molar-refractivity contribution in [3.63, 3.8) is 0 Å². The second-order valence-electron chi connectivity index (χ2n) is 9.36. The molecule has 0 saturated carbocycles. The van der Waals surface area contributed by atoms with Crippen LogP contribution in [0, 0.1) is 0 Å². The molecule has 0 radical (unpaired) electrons. The zero-order valence-corrected chi connectivity index (χ0v) is 21.3. The molecule has 1 atom stereocenters. The number of halogens is 3. The fraction of sp³-hybridized carbons (Fsp3) is 0.625. The third kappa shape index (κ3) is 6.06. The minimum Gasteiger partial charge on any atom is -0.493 e. The summed E-state index contributed by atoms with van der Waals surface area (Å²) in [4.78, 5) is 13.1. The van der Waals surface area contributed by atoms with E-state index in [1.165, 1.54) is 12.1 Å². The van der Waals surface area contributed by atoms with Gasteiger partial charge in [0.2, 0.25) is 0 Å². The number of benzene rings is 1. The van der Waals surface area contributed by atoms with Crippen LogP contribution in [0.15, 0.2) is 18.2 Å². The highest BCUT2D eigenvalue weighted by Crippen LogP contribution is 2.45. The summed E-state index contributed by atoms with van der Waals surface area (Å²) in [6.07, 6.45) is 0.285. The Morgan fingerprint density at radius 3 is 2.51 bits per heavy atom. The third-order valence-electron chi connectivity index (χ3n) is 6.10. The maximum atomic E-state index is 13.8. The Morgan fingerprint density at radius 2 is 1.86 bits per heavy atom. The number of hydrogen-bond acceptors (Lipinski definition) is 6. The molecule has 1 aromatic carbocycles. The van der Waals surface area contributed by atoms with E-state index >= 15 is 0 Å². The molecule has 35 heavy (non-hydrogen) atoms. The first-order chi connectivity index (χ1) is 16.4. The molecule has 1 aliphatic rings. The number of amides is 1. The van der Waals surface area contributed by atoms with Crippen molar-refractivity contribution in [2.24, 2.45) is 0 Å². The summed E-state index contributed by atoms with van der Waals surface area (Å²) in [5.74, 6) is -0.213. The maximum Gasteiger partial charge on any atom is 0.419 e. The number of carboxylic acid groups (broad SMARTS) is 1. The van der Waals surface area contributed by atoms with Gasteiger partial charge in [-0.05, 0) is 45.4 Å². The number of carbonyl (C=O) groups is 1. The van der Waals surface area contributed by atoms with Crippen LogP contribution in [0.25, 0.3) is 10.6 Å². The lowest BCUT2D eigenvalue weighted by atomic mass is 10.0. The highest BCUT2D eigenvalue weighted by molar-refractivity contribution is 7.14. The number of nitrogens with zero attached hydrogens (tertiary/aromatic N) is 3. The SMILES string of the molecule is CCCCCCCCOc1ccc(-c2nnc(C3(C)COC(C)(C)N3C(=O)O)s2)cc1C(F)(F)F. The van der Waals surface area contributed by atoms with Gasteiger partial charge in [0.15, 0.2) is 0 Å². The molecule has 1 aliphatic heterocycles. The molecule has 1 amide bonds. The highest BCUT2D eigenvalue weighted by Gasteiger charge is 2.54. The van der Waals surface area contributed by atoms with Crippen molar-refractivity contribution in [2.75, 3.05) is 13.2 Å². The summed E-state index contributed by atoms with van der Waals surface area (Å²) in [5.41, 5.74) is -2.83. The van der Waals surface area contributed by atoms with Gasteiger partial charge in [0.25, 0.3) is 0 Å². The van der Waals surface area contributed by atoms with Crippen molar-refractivity contribution in [3.8, 4) is 16.3 Å². The molecule has 1 aromatic heterocycles. The van der Waals surface area contributed by atoms with Crippen molar-refractivity contribution in [1.82, 2.24) is 15.1 Å². The second kappa shape index (κ2) is 10.7. The largest absolute Gasteiger partial charge is 0.493 e. The Bertz CT molecular complexity index is 1030. The fourth-order valence-electron chi connectivity index (χ4n) is 4.27. The third-order valence-corrected chi connectivity index (χ3v) is 7.33. The van der Waals surface area contributed by atoms with Gasteiger partial charge in [0.1, 0.15) is 27.0 Å². The first kappa shape index (κ1) is 27.2. The predicted molar refractivity (Wildman–Crippen MR) is 126 cm³/mol. The summed E-state index contributed by atoms with van der Waals surface area (Å²) in [5, 5.41) is 18.5. The Kier molecular flexibility index (Phi) is 8.31. The van der Waals surface area contributed by atoms with Crippen molar-refractivity contribution < 1.29 is 32.5 Å². The molecular weight excluding hydrogens is 483 g/mol. The number of aromatic nitrogens is 2. The number of unbranched alkanes of at least 4 members (excludes halogenated alkanes) is 5. The van der Waals surface area contributed by atoms with E-state index < -0.39 is 29.1 Å². The van der Waals surface area contributed by atoms with Crippen LogP contribution in [-0.4, -0.2) is 45.2 Å². The first-order valence-corrected chi connectivity index (χ1v) is 12.6. The normalized spacial score (nSPS) is 19.8. The molecule has 11 heteroatoms. The van der Waals surface area contributed by atoms with E-state index in [1.54, 1.807) is 20.8 Å². The number of alkyl halides is 3. The lowest BCUT2D eigenvalue weighted by Gasteiger charge is -2.35. The van der Waals surface area contributed by atoms with E-state index in [9.17, 15) is 23.1 Å². The molecule has 2 aromatic rings. The van der Waals surface area contributed by atoms with Crippen LogP contribution in [0.2, 0.25) is 0 Å². The molecule has 0 bridgehead atoms. The molecular formula is C24H32F3N3O4S. The Hall–Kier alpha value is -2.40. The van der Waals surface area contributed by atoms with E-state index in [-0.39, 0.29) is 29.5 Å². The second-order valence-corrected chi connectivity index (χ2v) is 10.3. The van der Waals surface area contributed by atoms with Crippen molar-refractivity contribution in [2.45, 2.75) is 83.7 Å². The summed E-state index contributed by atoms with van der Waals surface area (Å²) in [6, 6.07) is 3.83. The smallest absolute Gasteiger partial charge is 0.419 e. The van der Waals surface area contributed by atoms with Gasteiger partial charge < -0.3 is 14.6 Å². The number of hydrogen-bond donors (Lipinski definition) is 1. The summed E-state index contributed by atoms with van der Waals surface area (Å²) < 4.78 is 52.5. The van der Waals surface area contributed by atoms with Crippen LogP contribution in [-0.2, 0) is 16.5 Å². The monoisotopic (exact) mass is 515 g/mol. The van der Waals surface area contributed by atoms with Crippen LogP contribution >= 0.6 is 11.3 Å². The van der Waals surface area contributed by atoms with Gasteiger partial charge in [-0.25, -0.2) is 4.79 Å². The van der Waals surface area contributed by atoms with Gasteiger partial charge in [-0.3, -0.25) is 4.90 Å². The van der Waals surface area contributed by atoms with Crippen LogP contribution in [0.4, 0.5) is 18.0 Å². The van der Waals surface area contributed by atoms with Crippen LogP contribution in [0.5, 0.6) is 5.75 Å². The Morgan fingerprint density at radius 1 is 1.17 bits per heavy atom. The van der Waals surface area contributed by atoms with E-state index in [2.05, 4.69) is 17.1 Å². The zero-order chi connectivity index (χ0) is 25.9. The van der Waals surface area contributed by atoms with Gasteiger partial charge in [0, 0.05) is 5.56 Å². The van der Waals surface area contributed by atoms with E-state index in [4.69, 9.17) is 9.47 Å². The molecule has 3 rings (SSSR count).